The van der Waals surface area contributed by atoms with E-state index in [1.807, 2.05) is 62.4 Å². The van der Waals surface area contributed by atoms with E-state index in [0.717, 1.165) is 53.3 Å². The van der Waals surface area contributed by atoms with Crippen molar-refractivity contribution in [2.75, 3.05) is 13.2 Å². The Morgan fingerprint density at radius 2 is 1.77 bits per heavy atom. The fourth-order valence-electron chi connectivity index (χ4n) is 3.82. The lowest BCUT2D eigenvalue weighted by Crippen LogP contribution is -2.24. The van der Waals surface area contributed by atoms with Gasteiger partial charge in [0.05, 0.1) is 17.1 Å². The number of halogens is 1. The molecule has 2 aromatic heterocycles. The lowest BCUT2D eigenvalue weighted by Gasteiger charge is -2.22. The first-order valence-corrected chi connectivity index (χ1v) is 12.2. The van der Waals surface area contributed by atoms with Gasteiger partial charge in [0.15, 0.2) is 0 Å². The predicted octanol–water partition coefficient (Wildman–Crippen LogP) is 6.63. The molecular weight excluding hydrogens is 460 g/mol. The van der Waals surface area contributed by atoms with Crippen molar-refractivity contribution in [1.29, 1.82) is 0 Å². The quantitative estimate of drug-likeness (QED) is 0.262. The summed E-state index contributed by atoms with van der Waals surface area (Å²) in [6.07, 6.45) is 2.98. The van der Waals surface area contributed by atoms with E-state index >= 15 is 0 Å². The Kier molecular flexibility index (Phi) is 7.81. The molecule has 0 spiro atoms. The summed E-state index contributed by atoms with van der Waals surface area (Å²) in [7, 11) is 0. The molecule has 0 saturated heterocycles. The largest absolute Gasteiger partial charge is 0.395 e. The third kappa shape index (κ3) is 6.45. The van der Waals surface area contributed by atoms with E-state index in [4.69, 9.17) is 26.3 Å². The predicted molar refractivity (Wildman–Crippen MR) is 141 cm³/mol. The molecule has 3 aromatic rings. The second-order valence-electron chi connectivity index (χ2n) is 9.63. The smallest absolute Gasteiger partial charge is 0.125 e. The summed E-state index contributed by atoms with van der Waals surface area (Å²) in [4.78, 5) is 20.8. The summed E-state index contributed by atoms with van der Waals surface area (Å²) in [6, 6.07) is 17.6. The summed E-state index contributed by atoms with van der Waals surface area (Å²) >= 11 is 6.33. The van der Waals surface area contributed by atoms with Gasteiger partial charge in [0.25, 0.3) is 0 Å². The average Bonchev–Trinajstić information content (AvgIpc) is 2.84. The molecule has 0 bridgehead atoms. The fourth-order valence-corrected chi connectivity index (χ4v) is 4.06. The lowest BCUT2D eigenvalue weighted by molar-refractivity contribution is -0.000158. The molecule has 1 aromatic carbocycles. The van der Waals surface area contributed by atoms with Crippen molar-refractivity contribution in [3.05, 3.63) is 82.3 Å². The molecule has 4 rings (SSSR count). The van der Waals surface area contributed by atoms with E-state index in [9.17, 15) is 0 Å². The van der Waals surface area contributed by atoms with Gasteiger partial charge in [-0.15, -0.1) is 0 Å². The topological polar surface area (TPSA) is 69.0 Å². The van der Waals surface area contributed by atoms with Gasteiger partial charge < -0.3 is 9.68 Å². The molecule has 1 aliphatic carbocycles. The van der Waals surface area contributed by atoms with Crippen molar-refractivity contribution >= 4 is 23.0 Å². The molecule has 7 heteroatoms. The zero-order valence-electron chi connectivity index (χ0n) is 20.7. The number of nitrogens with zero attached hydrogens (tertiary/aromatic N) is 4. The highest BCUT2D eigenvalue weighted by molar-refractivity contribution is 6.33. The van der Waals surface area contributed by atoms with Crippen LogP contribution in [0.3, 0.4) is 0 Å². The SMILES string of the molecule is C/C(=N/OCC(C)(C)CO/N=C1\CCCc2ccc(C)nc21)c1cccc(-c2ccccc2Cl)n1. The molecule has 2 heterocycles. The van der Waals surface area contributed by atoms with Crippen LogP contribution in [-0.4, -0.2) is 34.6 Å². The number of hydrogen-bond donors (Lipinski definition) is 0. The molecule has 0 amide bonds. The van der Waals surface area contributed by atoms with Crippen LogP contribution in [0, 0.1) is 12.3 Å². The van der Waals surface area contributed by atoms with E-state index in [-0.39, 0.29) is 5.41 Å². The van der Waals surface area contributed by atoms with E-state index < -0.39 is 0 Å². The normalized spacial score (nSPS) is 15.1. The van der Waals surface area contributed by atoms with Crippen LogP contribution in [0.5, 0.6) is 0 Å². The Labute approximate surface area is 212 Å². The summed E-state index contributed by atoms with van der Waals surface area (Å²) in [5.41, 5.74) is 6.95. The Morgan fingerprint density at radius 1 is 0.971 bits per heavy atom. The number of pyridine rings is 2. The van der Waals surface area contributed by atoms with Gasteiger partial charge in [-0.25, -0.2) is 4.98 Å². The molecule has 0 atom stereocenters. The maximum atomic E-state index is 6.33. The van der Waals surface area contributed by atoms with Gasteiger partial charge >= 0.3 is 0 Å². The minimum absolute atomic E-state index is 0.280. The number of aryl methyl sites for hydroxylation is 2. The van der Waals surface area contributed by atoms with Gasteiger partial charge in [0.2, 0.25) is 0 Å². The van der Waals surface area contributed by atoms with Crippen LogP contribution in [0.2, 0.25) is 5.02 Å². The summed E-state index contributed by atoms with van der Waals surface area (Å²) in [5.74, 6) is 0. The highest BCUT2D eigenvalue weighted by Gasteiger charge is 2.22. The average molecular weight is 491 g/mol. The standard InChI is InChI=1S/C28H31ClN4O2/c1-19-15-16-21-9-7-14-26(27(21)30-19)33-35-18-28(3,4)17-34-32-20(2)24-12-8-13-25(31-24)22-10-5-6-11-23(22)29/h5-6,8,10-13,15-16H,7,9,14,17-18H2,1-4H3/b32-20-,33-26+. The Bertz CT molecular complexity index is 1250. The molecule has 0 unspecified atom stereocenters. The van der Waals surface area contributed by atoms with Crippen LogP contribution in [-0.2, 0) is 16.1 Å². The second kappa shape index (κ2) is 11.0. The highest BCUT2D eigenvalue weighted by atomic mass is 35.5. The van der Waals surface area contributed by atoms with Gasteiger partial charge in [0.1, 0.15) is 24.6 Å². The maximum absolute atomic E-state index is 6.33. The van der Waals surface area contributed by atoms with Crippen molar-refractivity contribution in [3.8, 4) is 11.3 Å². The fraction of sp³-hybridized carbons (Fsp3) is 0.357. The molecule has 0 fully saturated rings. The van der Waals surface area contributed by atoms with Gasteiger partial charge in [0, 0.05) is 21.7 Å². The third-order valence-corrected chi connectivity index (χ3v) is 6.14. The highest BCUT2D eigenvalue weighted by Crippen LogP contribution is 2.26. The van der Waals surface area contributed by atoms with Crippen LogP contribution in [0.4, 0.5) is 0 Å². The summed E-state index contributed by atoms with van der Waals surface area (Å²) in [6.45, 7) is 8.79. The number of fused-ring (bicyclic) bond motifs is 1. The van der Waals surface area contributed by atoms with Crippen LogP contribution in [0.1, 0.15) is 56.3 Å². The molecule has 0 N–H and O–H groups in total. The monoisotopic (exact) mass is 490 g/mol. The second-order valence-corrected chi connectivity index (χ2v) is 10.0. The molecule has 35 heavy (non-hydrogen) atoms. The van der Waals surface area contributed by atoms with E-state index in [1.165, 1.54) is 5.56 Å². The Hall–Kier alpha value is -3.25. The molecule has 0 aliphatic heterocycles. The molecular formula is C28H31ClN4O2. The number of oxime groups is 2. The number of rotatable bonds is 8. The number of benzene rings is 1. The first-order valence-electron chi connectivity index (χ1n) is 11.9. The van der Waals surface area contributed by atoms with Crippen molar-refractivity contribution in [2.45, 2.75) is 47.0 Å². The zero-order valence-corrected chi connectivity index (χ0v) is 21.5. The number of aromatic nitrogens is 2. The van der Waals surface area contributed by atoms with E-state index in [2.05, 4.69) is 35.2 Å². The van der Waals surface area contributed by atoms with Crippen LogP contribution < -0.4 is 0 Å². The molecule has 1 aliphatic rings. The third-order valence-electron chi connectivity index (χ3n) is 5.81. The van der Waals surface area contributed by atoms with E-state index in [0.29, 0.717) is 23.9 Å². The zero-order chi connectivity index (χ0) is 24.8. The molecule has 0 radical (unpaired) electrons. The Balaban J connectivity index is 1.35. The van der Waals surface area contributed by atoms with Gasteiger partial charge in [-0.3, -0.25) is 4.98 Å². The first-order chi connectivity index (χ1) is 16.8. The van der Waals surface area contributed by atoms with Crippen molar-refractivity contribution in [3.63, 3.8) is 0 Å². The van der Waals surface area contributed by atoms with Gasteiger partial charge in [-0.05, 0) is 62.9 Å². The Morgan fingerprint density at radius 3 is 2.60 bits per heavy atom. The van der Waals surface area contributed by atoms with Gasteiger partial charge in [-0.2, -0.15) is 0 Å². The molecule has 182 valence electrons. The minimum atomic E-state index is -0.280. The van der Waals surface area contributed by atoms with Crippen molar-refractivity contribution in [2.24, 2.45) is 15.7 Å². The summed E-state index contributed by atoms with van der Waals surface area (Å²) in [5, 5.41) is 9.39. The van der Waals surface area contributed by atoms with Crippen LogP contribution >= 0.6 is 11.6 Å². The minimum Gasteiger partial charge on any atom is -0.395 e. The summed E-state index contributed by atoms with van der Waals surface area (Å²) < 4.78 is 0. The number of hydrogen-bond acceptors (Lipinski definition) is 6. The molecule has 0 saturated carbocycles. The van der Waals surface area contributed by atoms with E-state index in [1.54, 1.807) is 0 Å². The van der Waals surface area contributed by atoms with Crippen molar-refractivity contribution < 1.29 is 9.68 Å². The lowest BCUT2D eigenvalue weighted by atomic mass is 9.94. The first kappa shape index (κ1) is 24.9. The maximum Gasteiger partial charge on any atom is 0.125 e. The molecule has 6 nitrogen and oxygen atoms in total. The van der Waals surface area contributed by atoms with Crippen molar-refractivity contribution in [1.82, 2.24) is 9.97 Å². The van der Waals surface area contributed by atoms with Gasteiger partial charge in [-0.1, -0.05) is 66.1 Å². The van der Waals surface area contributed by atoms with Crippen LogP contribution in [0.15, 0.2) is 64.9 Å². The van der Waals surface area contributed by atoms with Crippen LogP contribution in [0.25, 0.3) is 11.3 Å².